The maximum absolute atomic E-state index is 14.3. The van der Waals surface area contributed by atoms with Gasteiger partial charge in [-0.25, -0.2) is 13.2 Å². The van der Waals surface area contributed by atoms with Gasteiger partial charge in [0.25, 0.3) is 11.8 Å². The molecule has 0 aliphatic heterocycles. The zero-order valence-corrected chi connectivity index (χ0v) is 18.8. The van der Waals surface area contributed by atoms with Crippen molar-refractivity contribution in [3.05, 3.63) is 71.1 Å². The van der Waals surface area contributed by atoms with Crippen LogP contribution in [-0.2, 0) is 14.4 Å². The number of hydrogen-bond donors (Lipinski definition) is 3. The summed E-state index contributed by atoms with van der Waals surface area (Å²) < 4.78 is 46.4. The molecule has 0 bridgehead atoms. The first-order valence-corrected chi connectivity index (χ1v) is 10.8. The molecular weight excluding hydrogens is 463 g/mol. The number of carbonyl (C=O) groups is 3. The zero-order valence-electron chi connectivity index (χ0n) is 18.8. The van der Waals surface area contributed by atoms with E-state index in [1.54, 1.807) is 19.1 Å². The van der Waals surface area contributed by atoms with Crippen molar-refractivity contribution in [2.24, 2.45) is 5.92 Å². The Morgan fingerprint density at radius 2 is 1.97 bits per heavy atom. The largest absolute Gasteiger partial charge is 0.489 e. The number of halogens is 3. The second kappa shape index (κ2) is 11.5. The molecule has 2 aliphatic rings. The summed E-state index contributed by atoms with van der Waals surface area (Å²) in [6.45, 7) is 1.52. The van der Waals surface area contributed by atoms with Crippen LogP contribution in [0.2, 0.25) is 0 Å². The molecule has 0 saturated heterocycles. The number of anilines is 1. The van der Waals surface area contributed by atoms with Gasteiger partial charge in [-0.2, -0.15) is 0 Å². The third kappa shape index (κ3) is 6.56. The summed E-state index contributed by atoms with van der Waals surface area (Å²) in [6, 6.07) is 2.44. The van der Waals surface area contributed by atoms with E-state index < -0.39 is 41.7 Å². The highest BCUT2D eigenvalue weighted by Gasteiger charge is 2.28. The van der Waals surface area contributed by atoms with Crippen LogP contribution in [0.5, 0.6) is 5.75 Å². The van der Waals surface area contributed by atoms with E-state index in [1.165, 1.54) is 18.2 Å². The minimum Gasteiger partial charge on any atom is -0.489 e. The van der Waals surface area contributed by atoms with Gasteiger partial charge < -0.3 is 20.8 Å². The van der Waals surface area contributed by atoms with Gasteiger partial charge in [0, 0.05) is 17.7 Å². The predicted octanol–water partition coefficient (Wildman–Crippen LogP) is 3.46. The van der Waals surface area contributed by atoms with Gasteiger partial charge in [-0.1, -0.05) is 18.2 Å². The fraction of sp³-hybridized carbons (Fsp3) is 0.280. The second-order valence-electron chi connectivity index (χ2n) is 7.97. The van der Waals surface area contributed by atoms with Gasteiger partial charge in [0.2, 0.25) is 0 Å². The Balaban J connectivity index is 1.51. The average Bonchev–Trinajstić information content (AvgIpc) is 2.83. The maximum Gasteiger partial charge on any atom is 0.266 e. The first kappa shape index (κ1) is 25.7. The van der Waals surface area contributed by atoms with Crippen LogP contribution in [0.4, 0.5) is 18.9 Å². The number of amides is 2. The maximum atomic E-state index is 14.3. The molecule has 1 aromatic carbocycles. The molecule has 2 aliphatic carbocycles. The minimum absolute atomic E-state index is 0.0159. The summed E-state index contributed by atoms with van der Waals surface area (Å²) in [4.78, 5) is 36.5. The van der Waals surface area contributed by atoms with E-state index in [4.69, 9.17) is 10.1 Å². The second-order valence-corrected chi connectivity index (χ2v) is 7.97. The van der Waals surface area contributed by atoms with E-state index in [0.29, 0.717) is 17.4 Å². The fourth-order valence-corrected chi connectivity index (χ4v) is 3.56. The minimum atomic E-state index is -1.76. The van der Waals surface area contributed by atoms with Gasteiger partial charge in [0.05, 0.1) is 18.3 Å². The lowest BCUT2D eigenvalue weighted by Gasteiger charge is -2.20. The molecule has 35 heavy (non-hydrogen) atoms. The van der Waals surface area contributed by atoms with Gasteiger partial charge in [-0.05, 0) is 48.8 Å². The molecule has 2 amide bonds. The molecule has 3 rings (SSSR count). The Hall–Kier alpha value is -3.95. The molecule has 3 unspecified atom stereocenters. The molecule has 3 atom stereocenters. The number of alkyl halides is 2. The standard InChI is InChI=1S/C25H24F3N3O4/c1-14-9-22(20(28)12-21(14)31-23(32)13-29)35-8-7-30-25(34)17-4-2-3-16(24(17)33)10-15-5-6-18(26)19(27)11-15/h2-6,9,11-13,16,18-19,29H,7-8,10H2,1H3,(H,30,34)(H,31,32). The Bertz CT molecular complexity index is 1160. The van der Waals surface area contributed by atoms with E-state index in [1.807, 2.05) is 0 Å². The third-order valence-electron chi connectivity index (χ3n) is 5.39. The van der Waals surface area contributed by atoms with Gasteiger partial charge >= 0.3 is 0 Å². The van der Waals surface area contributed by atoms with Crippen molar-refractivity contribution in [2.45, 2.75) is 25.7 Å². The Morgan fingerprint density at radius 1 is 1.20 bits per heavy atom. The predicted molar refractivity (Wildman–Crippen MR) is 124 cm³/mol. The molecular formula is C25H24F3N3O4. The van der Waals surface area contributed by atoms with Crippen LogP contribution in [0.25, 0.3) is 0 Å². The molecule has 1 aromatic rings. The van der Waals surface area contributed by atoms with Gasteiger partial charge in [0.15, 0.2) is 29.7 Å². The molecule has 0 radical (unpaired) electrons. The molecule has 10 heteroatoms. The van der Waals surface area contributed by atoms with Crippen LogP contribution < -0.4 is 15.4 Å². The van der Waals surface area contributed by atoms with Crippen molar-refractivity contribution in [1.82, 2.24) is 5.32 Å². The van der Waals surface area contributed by atoms with Gasteiger partial charge in [-0.15, -0.1) is 0 Å². The van der Waals surface area contributed by atoms with Crippen molar-refractivity contribution in [2.75, 3.05) is 18.5 Å². The van der Waals surface area contributed by atoms with Crippen LogP contribution in [0.15, 0.2) is 59.7 Å². The van der Waals surface area contributed by atoms with Crippen molar-refractivity contribution < 1.29 is 32.3 Å². The number of carbonyl (C=O) groups excluding carboxylic acids is 3. The summed E-state index contributed by atoms with van der Waals surface area (Å²) in [6.07, 6.45) is 5.45. The summed E-state index contributed by atoms with van der Waals surface area (Å²) in [5.74, 6) is -3.27. The van der Waals surface area contributed by atoms with Gasteiger partial charge in [-0.3, -0.25) is 14.4 Å². The highest BCUT2D eigenvalue weighted by Crippen LogP contribution is 2.27. The van der Waals surface area contributed by atoms with Crippen molar-refractivity contribution in [3.8, 4) is 5.75 Å². The van der Waals surface area contributed by atoms with Crippen molar-refractivity contribution >= 4 is 29.5 Å². The van der Waals surface area contributed by atoms with Crippen molar-refractivity contribution in [1.29, 1.82) is 5.41 Å². The number of nitrogens with one attached hydrogen (secondary N) is 3. The average molecular weight is 487 g/mol. The molecule has 0 aromatic heterocycles. The van der Waals surface area contributed by atoms with Crippen LogP contribution in [0.3, 0.4) is 0 Å². The number of ketones is 1. The molecule has 0 spiro atoms. The molecule has 0 saturated carbocycles. The van der Waals surface area contributed by atoms with Gasteiger partial charge in [0.1, 0.15) is 6.61 Å². The fourth-order valence-electron chi connectivity index (χ4n) is 3.56. The summed E-state index contributed by atoms with van der Waals surface area (Å²) in [5, 5.41) is 11.8. The molecule has 7 nitrogen and oxygen atoms in total. The number of benzene rings is 1. The third-order valence-corrected chi connectivity index (χ3v) is 5.39. The highest BCUT2D eigenvalue weighted by atomic mass is 19.2. The Labute approximate surface area is 199 Å². The Morgan fingerprint density at radius 3 is 2.69 bits per heavy atom. The van der Waals surface area contributed by atoms with E-state index in [2.05, 4.69) is 10.6 Å². The zero-order chi connectivity index (χ0) is 25.5. The molecule has 184 valence electrons. The SMILES string of the molecule is Cc1cc(OCCNC(=O)C2=CC=CC(CC3=CC(F)C(F)C=C3)C2=O)c(F)cc1NC(=O)C=N. The number of allylic oxidation sites excluding steroid dienone is 7. The van der Waals surface area contributed by atoms with Crippen molar-refractivity contribution in [3.63, 3.8) is 0 Å². The molecule has 3 N–H and O–H groups in total. The lowest BCUT2D eigenvalue weighted by atomic mass is 9.85. The van der Waals surface area contributed by atoms with E-state index in [0.717, 1.165) is 18.2 Å². The van der Waals surface area contributed by atoms with E-state index >= 15 is 0 Å². The summed E-state index contributed by atoms with van der Waals surface area (Å²) in [7, 11) is 0. The van der Waals surface area contributed by atoms with Crippen LogP contribution in [0.1, 0.15) is 12.0 Å². The van der Waals surface area contributed by atoms with E-state index in [9.17, 15) is 27.6 Å². The number of ether oxygens (including phenoxy) is 1. The molecule has 0 heterocycles. The lowest BCUT2D eigenvalue weighted by Crippen LogP contribution is -2.34. The monoisotopic (exact) mass is 487 g/mol. The normalized spacial score (nSPS) is 21.1. The summed E-state index contributed by atoms with van der Waals surface area (Å²) in [5.41, 5.74) is 1.12. The quantitative estimate of drug-likeness (QED) is 0.282. The number of aryl methyl sites for hydroxylation is 1. The lowest BCUT2D eigenvalue weighted by molar-refractivity contribution is -0.124. The van der Waals surface area contributed by atoms with Crippen LogP contribution >= 0.6 is 0 Å². The topological polar surface area (TPSA) is 108 Å². The van der Waals surface area contributed by atoms with E-state index in [-0.39, 0.29) is 36.6 Å². The van der Waals surface area contributed by atoms with Crippen LogP contribution in [0, 0.1) is 24.1 Å². The smallest absolute Gasteiger partial charge is 0.266 e. The van der Waals surface area contributed by atoms with Crippen LogP contribution in [-0.4, -0.2) is 49.3 Å². The Kier molecular flexibility index (Phi) is 8.40. The summed E-state index contributed by atoms with van der Waals surface area (Å²) >= 11 is 0. The first-order valence-electron chi connectivity index (χ1n) is 10.8. The number of rotatable bonds is 9. The highest BCUT2D eigenvalue weighted by molar-refractivity contribution is 6.30. The number of hydrogen-bond acceptors (Lipinski definition) is 5. The molecule has 0 fully saturated rings. The number of Topliss-reactive ketones (excluding diaryl/α,β-unsaturated/α-hetero) is 1. The first-order chi connectivity index (χ1) is 16.7.